The van der Waals surface area contributed by atoms with E-state index in [2.05, 4.69) is 5.32 Å². The fourth-order valence-corrected chi connectivity index (χ4v) is 3.96. The first-order valence-electron chi connectivity index (χ1n) is 8.93. The minimum absolute atomic E-state index is 0. The number of imide groups is 1. The Kier molecular flexibility index (Phi) is 6.42. The highest BCUT2D eigenvalue weighted by Crippen LogP contribution is 2.29. The van der Waals surface area contributed by atoms with Crippen molar-refractivity contribution < 1.29 is 14.4 Å². The summed E-state index contributed by atoms with van der Waals surface area (Å²) in [5, 5.41) is 3.04. The fraction of sp³-hybridized carbons (Fsp3) is 0.526. The second kappa shape index (κ2) is 8.18. The molecular weight excluding hydrogens is 354 g/mol. The summed E-state index contributed by atoms with van der Waals surface area (Å²) in [5.41, 5.74) is 6.52. The van der Waals surface area contributed by atoms with E-state index in [1.165, 1.54) is 0 Å². The first-order chi connectivity index (χ1) is 12.0. The molecule has 1 fully saturated rings. The Morgan fingerprint density at radius 2 is 1.77 bits per heavy atom. The van der Waals surface area contributed by atoms with Crippen molar-refractivity contribution in [3.05, 3.63) is 35.4 Å². The number of carbonyl (C=O) groups is 3. The van der Waals surface area contributed by atoms with Gasteiger partial charge in [-0.1, -0.05) is 32.4 Å². The summed E-state index contributed by atoms with van der Waals surface area (Å²) in [6.45, 7) is 4.23. The lowest BCUT2D eigenvalue weighted by atomic mass is 9.99. The number of hydrogen-bond acceptors (Lipinski definition) is 4. The Hall–Kier alpha value is -1.92. The maximum atomic E-state index is 12.9. The molecule has 7 heteroatoms. The maximum absolute atomic E-state index is 12.9. The molecule has 0 saturated heterocycles. The van der Waals surface area contributed by atoms with Gasteiger partial charge in [-0.2, -0.15) is 0 Å². The number of amides is 3. The molecule has 1 saturated carbocycles. The van der Waals surface area contributed by atoms with Crippen LogP contribution in [0.3, 0.4) is 0 Å². The molecule has 3 amide bonds. The highest BCUT2D eigenvalue weighted by atomic mass is 35.5. The van der Waals surface area contributed by atoms with E-state index in [0.717, 1.165) is 24.2 Å². The van der Waals surface area contributed by atoms with Crippen LogP contribution in [0.4, 0.5) is 0 Å². The topological polar surface area (TPSA) is 92.5 Å². The predicted octanol–water partition coefficient (Wildman–Crippen LogP) is 1.97. The van der Waals surface area contributed by atoms with E-state index in [0.29, 0.717) is 17.7 Å². The van der Waals surface area contributed by atoms with Gasteiger partial charge in [0.25, 0.3) is 11.8 Å². The van der Waals surface area contributed by atoms with Crippen LogP contribution in [0.25, 0.3) is 0 Å². The van der Waals surface area contributed by atoms with Crippen molar-refractivity contribution in [2.75, 3.05) is 6.54 Å². The zero-order valence-electron chi connectivity index (χ0n) is 15.1. The van der Waals surface area contributed by atoms with Crippen molar-refractivity contribution in [2.45, 2.75) is 45.2 Å². The van der Waals surface area contributed by atoms with Crippen molar-refractivity contribution in [3.63, 3.8) is 0 Å². The van der Waals surface area contributed by atoms with Crippen LogP contribution in [-0.2, 0) is 4.79 Å². The van der Waals surface area contributed by atoms with Crippen molar-refractivity contribution in [3.8, 4) is 0 Å². The minimum atomic E-state index is -0.813. The second-order valence-electron chi connectivity index (χ2n) is 7.26. The molecule has 0 bridgehead atoms. The Balaban J connectivity index is 0.00000243. The number of rotatable bonds is 5. The van der Waals surface area contributed by atoms with Gasteiger partial charge in [-0.15, -0.1) is 12.4 Å². The molecule has 6 nitrogen and oxygen atoms in total. The van der Waals surface area contributed by atoms with Crippen molar-refractivity contribution >= 4 is 30.1 Å². The third-order valence-electron chi connectivity index (χ3n) is 5.29. The van der Waals surface area contributed by atoms with Gasteiger partial charge in [-0.05, 0) is 43.4 Å². The molecule has 0 spiro atoms. The number of hydrogen-bond donors (Lipinski definition) is 2. The van der Waals surface area contributed by atoms with E-state index in [-0.39, 0.29) is 36.2 Å². The van der Waals surface area contributed by atoms with Gasteiger partial charge in [-0.3, -0.25) is 19.3 Å². The standard InChI is InChI=1S/C19H25N3O3.ClH/c1-11(2)16(17(23)21-15-9-5-6-12(15)10-20)22-18(24)13-7-3-4-8-14(13)19(22)25;/h3-4,7-8,11-12,15-16H,5-6,9-10,20H2,1-2H3,(H,21,23);1H. The summed E-state index contributed by atoms with van der Waals surface area (Å²) in [5.74, 6) is -0.971. The van der Waals surface area contributed by atoms with Gasteiger partial charge < -0.3 is 11.1 Å². The zero-order valence-corrected chi connectivity index (χ0v) is 15.9. The molecule has 3 N–H and O–H groups in total. The van der Waals surface area contributed by atoms with Gasteiger partial charge in [0.1, 0.15) is 6.04 Å². The SMILES string of the molecule is CC(C)C(C(=O)NC1CCCC1CN)N1C(=O)c2ccccc2C1=O.Cl. The Morgan fingerprint density at radius 1 is 1.19 bits per heavy atom. The normalized spacial score (nSPS) is 23.0. The molecule has 3 unspecified atom stereocenters. The maximum Gasteiger partial charge on any atom is 0.262 e. The molecule has 1 aliphatic heterocycles. The summed E-state index contributed by atoms with van der Waals surface area (Å²) < 4.78 is 0. The molecule has 2 aliphatic rings. The summed E-state index contributed by atoms with van der Waals surface area (Å²) in [4.78, 5) is 39.5. The molecule has 3 rings (SSSR count). The summed E-state index contributed by atoms with van der Waals surface area (Å²) in [7, 11) is 0. The highest BCUT2D eigenvalue weighted by molar-refractivity contribution is 6.22. The summed E-state index contributed by atoms with van der Waals surface area (Å²) in [6.07, 6.45) is 2.92. The predicted molar refractivity (Wildman–Crippen MR) is 101 cm³/mol. The third-order valence-corrected chi connectivity index (χ3v) is 5.29. The van der Waals surface area contributed by atoms with Gasteiger partial charge in [0.05, 0.1) is 11.1 Å². The average Bonchev–Trinajstić information content (AvgIpc) is 3.13. The molecule has 3 atom stereocenters. The van der Waals surface area contributed by atoms with Crippen molar-refractivity contribution in [2.24, 2.45) is 17.6 Å². The first kappa shape index (κ1) is 20.4. The van der Waals surface area contributed by atoms with E-state index in [1.807, 2.05) is 13.8 Å². The van der Waals surface area contributed by atoms with Crippen LogP contribution in [0.15, 0.2) is 24.3 Å². The lowest BCUT2D eigenvalue weighted by molar-refractivity contribution is -0.127. The zero-order chi connectivity index (χ0) is 18.1. The molecule has 1 aromatic carbocycles. The molecule has 26 heavy (non-hydrogen) atoms. The van der Waals surface area contributed by atoms with Crippen LogP contribution in [0.2, 0.25) is 0 Å². The van der Waals surface area contributed by atoms with Crippen LogP contribution in [-0.4, -0.2) is 41.2 Å². The van der Waals surface area contributed by atoms with E-state index < -0.39 is 17.9 Å². The average molecular weight is 380 g/mol. The number of benzene rings is 1. The quantitative estimate of drug-likeness (QED) is 0.765. The molecule has 0 aromatic heterocycles. The molecule has 1 aromatic rings. The van der Waals surface area contributed by atoms with E-state index >= 15 is 0 Å². The number of fused-ring (bicyclic) bond motifs is 1. The van der Waals surface area contributed by atoms with Crippen LogP contribution in [0.1, 0.15) is 53.8 Å². The lowest BCUT2D eigenvalue weighted by Gasteiger charge is -2.30. The largest absolute Gasteiger partial charge is 0.351 e. The molecule has 1 heterocycles. The number of nitrogens with one attached hydrogen (secondary N) is 1. The van der Waals surface area contributed by atoms with Crippen LogP contribution < -0.4 is 11.1 Å². The first-order valence-corrected chi connectivity index (χ1v) is 8.93. The number of carbonyl (C=O) groups excluding carboxylic acids is 3. The molecule has 1 aliphatic carbocycles. The van der Waals surface area contributed by atoms with Crippen LogP contribution in [0, 0.1) is 11.8 Å². The van der Waals surface area contributed by atoms with E-state index in [1.54, 1.807) is 24.3 Å². The molecule has 142 valence electrons. The van der Waals surface area contributed by atoms with Gasteiger partial charge in [0, 0.05) is 6.04 Å². The van der Waals surface area contributed by atoms with Gasteiger partial charge >= 0.3 is 0 Å². The second-order valence-corrected chi connectivity index (χ2v) is 7.26. The number of nitrogens with zero attached hydrogens (tertiary/aromatic N) is 1. The molecular formula is C19H26ClN3O3. The number of nitrogens with two attached hydrogens (primary N) is 1. The lowest BCUT2D eigenvalue weighted by Crippen LogP contribution is -2.55. The summed E-state index contributed by atoms with van der Waals surface area (Å²) >= 11 is 0. The Bertz CT molecular complexity index is 672. The minimum Gasteiger partial charge on any atom is -0.351 e. The van der Waals surface area contributed by atoms with Gasteiger partial charge in [-0.25, -0.2) is 0 Å². The fourth-order valence-electron chi connectivity index (χ4n) is 3.96. The van der Waals surface area contributed by atoms with E-state index in [4.69, 9.17) is 5.73 Å². The monoisotopic (exact) mass is 379 g/mol. The summed E-state index contributed by atoms with van der Waals surface area (Å²) in [6, 6.07) is 5.92. The van der Waals surface area contributed by atoms with E-state index in [9.17, 15) is 14.4 Å². The molecule has 0 radical (unpaired) electrons. The van der Waals surface area contributed by atoms with Gasteiger partial charge in [0.2, 0.25) is 5.91 Å². The smallest absolute Gasteiger partial charge is 0.262 e. The highest BCUT2D eigenvalue weighted by Gasteiger charge is 2.44. The third kappa shape index (κ3) is 3.48. The van der Waals surface area contributed by atoms with Crippen molar-refractivity contribution in [1.82, 2.24) is 10.2 Å². The Morgan fingerprint density at radius 3 is 2.27 bits per heavy atom. The Labute approximate surface area is 159 Å². The number of halogens is 1. The van der Waals surface area contributed by atoms with Crippen molar-refractivity contribution in [1.29, 1.82) is 0 Å². The van der Waals surface area contributed by atoms with Gasteiger partial charge in [0.15, 0.2) is 0 Å². The van der Waals surface area contributed by atoms with Crippen LogP contribution in [0.5, 0.6) is 0 Å². The van der Waals surface area contributed by atoms with Crippen LogP contribution >= 0.6 is 12.4 Å².